The molecule has 3 aromatic rings. The van der Waals surface area contributed by atoms with Crippen molar-refractivity contribution in [3.8, 4) is 11.3 Å². The normalized spacial score (nSPS) is 10.6. The number of hydrogen-bond donors (Lipinski definition) is 1. The number of benzene rings is 1. The number of pyridine rings is 1. The third kappa shape index (κ3) is 3.52. The minimum absolute atomic E-state index is 0.292. The van der Waals surface area contributed by atoms with Gasteiger partial charge in [0.15, 0.2) is 5.13 Å². The molecule has 116 valence electrons. The van der Waals surface area contributed by atoms with Crippen molar-refractivity contribution in [2.75, 3.05) is 5.32 Å². The van der Waals surface area contributed by atoms with Crippen LogP contribution in [0.25, 0.3) is 11.3 Å². The van der Waals surface area contributed by atoms with Crippen LogP contribution >= 0.6 is 34.5 Å². The summed E-state index contributed by atoms with van der Waals surface area (Å²) in [4.78, 5) is 21.6. The number of nitrogens with zero attached hydrogens (tertiary/aromatic N) is 2. The fourth-order valence-electron chi connectivity index (χ4n) is 2.02. The van der Waals surface area contributed by atoms with E-state index < -0.39 is 0 Å². The molecule has 2 aromatic heterocycles. The summed E-state index contributed by atoms with van der Waals surface area (Å²) in [6.45, 7) is 1.94. The first kappa shape index (κ1) is 15.9. The third-order valence-corrected chi connectivity index (χ3v) is 4.73. The maximum atomic E-state index is 12.1. The Kier molecular flexibility index (Phi) is 4.61. The molecule has 3 rings (SSSR count). The molecule has 0 saturated heterocycles. The number of aryl methyl sites for hydroxylation is 1. The first-order valence-electron chi connectivity index (χ1n) is 6.70. The molecule has 2 heterocycles. The molecule has 0 aliphatic rings. The van der Waals surface area contributed by atoms with Gasteiger partial charge in [0.05, 0.1) is 15.7 Å². The largest absolute Gasteiger partial charge is 0.296 e. The molecule has 0 atom stereocenters. The summed E-state index contributed by atoms with van der Waals surface area (Å²) in [5, 5.41) is 4.24. The van der Waals surface area contributed by atoms with E-state index in [0.29, 0.717) is 20.9 Å². The Morgan fingerprint density at radius 1 is 1.17 bits per heavy atom. The van der Waals surface area contributed by atoms with Crippen LogP contribution in [0.1, 0.15) is 15.4 Å². The maximum absolute atomic E-state index is 12.1. The van der Waals surface area contributed by atoms with Crippen LogP contribution < -0.4 is 5.32 Å². The standard InChI is InChI=1S/C16H11Cl2N3OS/c1-9-14(10-5-6-11(17)12(18)8-10)20-16(23-9)21-15(22)13-4-2-3-7-19-13/h2-8H,1H3,(H,20,21,22). The van der Waals surface area contributed by atoms with Crippen molar-refractivity contribution < 1.29 is 4.79 Å². The van der Waals surface area contributed by atoms with Crippen molar-refractivity contribution in [3.05, 3.63) is 63.2 Å². The van der Waals surface area contributed by atoms with Gasteiger partial charge in [-0.1, -0.05) is 35.3 Å². The molecular formula is C16H11Cl2N3OS. The summed E-state index contributed by atoms with van der Waals surface area (Å²) < 4.78 is 0. The molecule has 23 heavy (non-hydrogen) atoms. The second-order valence-corrected chi connectivity index (χ2v) is 6.74. The van der Waals surface area contributed by atoms with Gasteiger partial charge < -0.3 is 0 Å². The lowest BCUT2D eigenvalue weighted by molar-refractivity contribution is 0.102. The van der Waals surface area contributed by atoms with Crippen LogP contribution in [0.4, 0.5) is 5.13 Å². The highest BCUT2D eigenvalue weighted by Gasteiger charge is 2.14. The van der Waals surface area contributed by atoms with Crippen LogP contribution in [0.3, 0.4) is 0 Å². The topological polar surface area (TPSA) is 54.9 Å². The van der Waals surface area contributed by atoms with Gasteiger partial charge in [0, 0.05) is 16.6 Å². The highest BCUT2D eigenvalue weighted by Crippen LogP contribution is 2.33. The Bertz CT molecular complexity index is 865. The number of amides is 1. The Morgan fingerprint density at radius 2 is 2.00 bits per heavy atom. The molecular weight excluding hydrogens is 353 g/mol. The van der Waals surface area contributed by atoms with Gasteiger partial charge in [0.2, 0.25) is 0 Å². The van der Waals surface area contributed by atoms with Crippen molar-refractivity contribution in [2.24, 2.45) is 0 Å². The van der Waals surface area contributed by atoms with Gasteiger partial charge in [-0.25, -0.2) is 4.98 Å². The van der Waals surface area contributed by atoms with Crippen LogP contribution in [0.5, 0.6) is 0 Å². The van der Waals surface area contributed by atoms with Crippen molar-refractivity contribution in [1.29, 1.82) is 0 Å². The van der Waals surface area contributed by atoms with E-state index in [1.165, 1.54) is 11.3 Å². The lowest BCUT2D eigenvalue weighted by Crippen LogP contribution is -2.13. The molecule has 0 saturated carbocycles. The highest BCUT2D eigenvalue weighted by atomic mass is 35.5. The van der Waals surface area contributed by atoms with Gasteiger partial charge in [-0.3, -0.25) is 15.1 Å². The van der Waals surface area contributed by atoms with Gasteiger partial charge in [-0.15, -0.1) is 11.3 Å². The summed E-state index contributed by atoms with van der Waals surface area (Å²) in [5.74, 6) is -0.292. The SMILES string of the molecule is Cc1sc(NC(=O)c2ccccn2)nc1-c1ccc(Cl)c(Cl)c1. The van der Waals surface area contributed by atoms with Crippen molar-refractivity contribution >= 4 is 45.6 Å². The minimum atomic E-state index is -0.292. The monoisotopic (exact) mass is 363 g/mol. The average molecular weight is 364 g/mol. The van der Waals surface area contributed by atoms with Gasteiger partial charge in [-0.2, -0.15) is 0 Å². The molecule has 0 aliphatic heterocycles. The zero-order valence-electron chi connectivity index (χ0n) is 12.0. The van der Waals surface area contributed by atoms with E-state index in [9.17, 15) is 4.79 Å². The summed E-state index contributed by atoms with van der Waals surface area (Å²) in [7, 11) is 0. The molecule has 1 N–H and O–H groups in total. The summed E-state index contributed by atoms with van der Waals surface area (Å²) >= 11 is 13.4. The highest BCUT2D eigenvalue weighted by molar-refractivity contribution is 7.16. The summed E-state index contributed by atoms with van der Waals surface area (Å²) in [5.41, 5.74) is 1.97. The second kappa shape index (κ2) is 6.66. The number of halogens is 2. The predicted molar refractivity (Wildman–Crippen MR) is 94.5 cm³/mol. The number of thiazole rings is 1. The van der Waals surface area contributed by atoms with Crippen LogP contribution in [0.15, 0.2) is 42.6 Å². The van der Waals surface area contributed by atoms with Crippen molar-refractivity contribution in [2.45, 2.75) is 6.92 Å². The van der Waals surface area contributed by atoms with Crippen molar-refractivity contribution in [1.82, 2.24) is 9.97 Å². The smallest absolute Gasteiger partial charge is 0.276 e. The number of carbonyl (C=O) groups is 1. The van der Waals surface area contributed by atoms with Crippen LogP contribution in [-0.4, -0.2) is 15.9 Å². The average Bonchev–Trinajstić information content (AvgIpc) is 2.91. The Hall–Kier alpha value is -1.95. The number of rotatable bonds is 3. The number of hydrogen-bond acceptors (Lipinski definition) is 4. The van der Waals surface area contributed by atoms with E-state index in [1.807, 2.05) is 13.0 Å². The predicted octanol–water partition coefficient (Wildman–Crippen LogP) is 5.07. The van der Waals surface area contributed by atoms with Gasteiger partial charge in [-0.05, 0) is 31.2 Å². The first-order valence-corrected chi connectivity index (χ1v) is 8.27. The lowest BCUT2D eigenvalue weighted by Gasteiger charge is -2.01. The molecule has 0 unspecified atom stereocenters. The van der Waals surface area contributed by atoms with Gasteiger partial charge >= 0.3 is 0 Å². The fraction of sp³-hybridized carbons (Fsp3) is 0.0625. The minimum Gasteiger partial charge on any atom is -0.296 e. The molecule has 0 aliphatic carbocycles. The molecule has 4 nitrogen and oxygen atoms in total. The zero-order chi connectivity index (χ0) is 16.4. The van der Waals surface area contributed by atoms with Gasteiger partial charge in [0.25, 0.3) is 5.91 Å². The quantitative estimate of drug-likeness (QED) is 0.706. The van der Waals surface area contributed by atoms with E-state index in [-0.39, 0.29) is 5.91 Å². The Labute approximate surface area is 147 Å². The fourth-order valence-corrected chi connectivity index (χ4v) is 3.15. The molecule has 1 amide bonds. The molecule has 0 spiro atoms. The molecule has 0 radical (unpaired) electrons. The van der Waals surface area contributed by atoms with E-state index in [0.717, 1.165) is 16.1 Å². The second-order valence-electron chi connectivity index (χ2n) is 4.72. The summed E-state index contributed by atoms with van der Waals surface area (Å²) in [6.07, 6.45) is 1.57. The first-order chi connectivity index (χ1) is 11.0. The lowest BCUT2D eigenvalue weighted by atomic mass is 10.1. The van der Waals surface area contributed by atoms with E-state index in [1.54, 1.807) is 36.5 Å². The van der Waals surface area contributed by atoms with Gasteiger partial charge in [0.1, 0.15) is 5.69 Å². The number of anilines is 1. The third-order valence-electron chi connectivity index (χ3n) is 3.11. The van der Waals surface area contributed by atoms with Crippen LogP contribution in [0, 0.1) is 6.92 Å². The van der Waals surface area contributed by atoms with Crippen LogP contribution in [-0.2, 0) is 0 Å². The van der Waals surface area contributed by atoms with E-state index >= 15 is 0 Å². The Morgan fingerprint density at radius 3 is 2.70 bits per heavy atom. The molecule has 0 fully saturated rings. The Balaban J connectivity index is 1.86. The zero-order valence-corrected chi connectivity index (χ0v) is 14.3. The maximum Gasteiger partial charge on any atom is 0.276 e. The molecule has 1 aromatic carbocycles. The van der Waals surface area contributed by atoms with E-state index in [2.05, 4.69) is 15.3 Å². The van der Waals surface area contributed by atoms with Crippen molar-refractivity contribution in [3.63, 3.8) is 0 Å². The number of nitrogens with one attached hydrogen (secondary N) is 1. The molecule has 7 heteroatoms. The number of carbonyl (C=O) groups excluding carboxylic acids is 1. The van der Waals surface area contributed by atoms with Crippen LogP contribution in [0.2, 0.25) is 10.0 Å². The summed E-state index contributed by atoms with van der Waals surface area (Å²) in [6, 6.07) is 10.5. The molecule has 0 bridgehead atoms. The number of aromatic nitrogens is 2. The van der Waals surface area contributed by atoms with E-state index in [4.69, 9.17) is 23.2 Å².